The van der Waals surface area contributed by atoms with Crippen LogP contribution >= 0.6 is 11.6 Å². The Balaban J connectivity index is 2.84. The SMILES string of the molecule is C/C(=C/c1ccc(C(C)C)cc1)CCl. The van der Waals surface area contributed by atoms with Gasteiger partial charge in [0.2, 0.25) is 0 Å². The Morgan fingerprint density at radius 2 is 1.86 bits per heavy atom. The lowest BCUT2D eigenvalue weighted by Crippen LogP contribution is -1.86. The summed E-state index contributed by atoms with van der Waals surface area (Å²) in [4.78, 5) is 0. The average Bonchev–Trinajstić information content (AvgIpc) is 2.18. The highest BCUT2D eigenvalue weighted by atomic mass is 35.5. The second kappa shape index (κ2) is 5.21. The monoisotopic (exact) mass is 208 g/mol. The molecule has 0 aliphatic rings. The lowest BCUT2D eigenvalue weighted by atomic mass is 10.0. The molecule has 0 aliphatic heterocycles. The Labute approximate surface area is 91.6 Å². The first-order chi connectivity index (χ1) is 6.63. The van der Waals surface area contributed by atoms with Gasteiger partial charge in [0.1, 0.15) is 0 Å². The van der Waals surface area contributed by atoms with Gasteiger partial charge in [-0.05, 0) is 24.0 Å². The summed E-state index contributed by atoms with van der Waals surface area (Å²) in [6.07, 6.45) is 2.12. The van der Waals surface area contributed by atoms with Crippen molar-refractivity contribution in [1.29, 1.82) is 0 Å². The van der Waals surface area contributed by atoms with E-state index in [1.54, 1.807) is 0 Å². The first-order valence-corrected chi connectivity index (χ1v) is 5.50. The first-order valence-electron chi connectivity index (χ1n) is 4.96. The molecule has 0 heterocycles. The zero-order valence-corrected chi connectivity index (χ0v) is 9.81. The molecule has 0 saturated carbocycles. The second-order valence-electron chi connectivity index (χ2n) is 3.95. The number of rotatable bonds is 3. The molecule has 1 aromatic rings. The predicted molar refractivity (Wildman–Crippen MR) is 64.9 cm³/mol. The van der Waals surface area contributed by atoms with Gasteiger partial charge in [-0.2, -0.15) is 0 Å². The van der Waals surface area contributed by atoms with Crippen LogP contribution in [0.3, 0.4) is 0 Å². The Bertz CT molecular complexity index is 307. The van der Waals surface area contributed by atoms with Gasteiger partial charge >= 0.3 is 0 Å². The molecule has 0 N–H and O–H groups in total. The Hall–Kier alpha value is -0.750. The quantitative estimate of drug-likeness (QED) is 0.644. The van der Waals surface area contributed by atoms with E-state index in [1.807, 2.05) is 6.92 Å². The van der Waals surface area contributed by atoms with E-state index in [1.165, 1.54) is 16.7 Å². The molecule has 1 rings (SSSR count). The van der Waals surface area contributed by atoms with Crippen molar-refractivity contribution in [2.45, 2.75) is 26.7 Å². The van der Waals surface area contributed by atoms with E-state index < -0.39 is 0 Å². The molecule has 0 atom stereocenters. The maximum absolute atomic E-state index is 5.72. The van der Waals surface area contributed by atoms with Crippen LogP contribution in [0.4, 0.5) is 0 Å². The molecule has 14 heavy (non-hydrogen) atoms. The van der Waals surface area contributed by atoms with Gasteiger partial charge in [0.05, 0.1) is 0 Å². The molecule has 0 aliphatic carbocycles. The van der Waals surface area contributed by atoms with Crippen LogP contribution in [0.25, 0.3) is 6.08 Å². The maximum atomic E-state index is 5.72. The van der Waals surface area contributed by atoms with Crippen LogP contribution in [-0.4, -0.2) is 5.88 Å². The highest BCUT2D eigenvalue weighted by molar-refractivity contribution is 6.19. The number of halogens is 1. The van der Waals surface area contributed by atoms with Gasteiger partial charge in [0.15, 0.2) is 0 Å². The smallest absolute Gasteiger partial charge is 0.0434 e. The molecule has 0 amide bonds. The van der Waals surface area contributed by atoms with Gasteiger partial charge in [-0.1, -0.05) is 49.8 Å². The number of hydrogen-bond donors (Lipinski definition) is 0. The molecule has 0 nitrogen and oxygen atoms in total. The standard InChI is InChI=1S/C13H17Cl/c1-10(2)13-6-4-12(5-7-13)8-11(3)9-14/h4-8,10H,9H2,1-3H3/b11-8-. The van der Waals surface area contributed by atoms with Gasteiger partial charge in [-0.3, -0.25) is 0 Å². The van der Waals surface area contributed by atoms with E-state index in [9.17, 15) is 0 Å². The van der Waals surface area contributed by atoms with Crippen LogP contribution < -0.4 is 0 Å². The van der Waals surface area contributed by atoms with Crippen LogP contribution in [0.1, 0.15) is 37.8 Å². The van der Waals surface area contributed by atoms with Crippen molar-refractivity contribution in [2.24, 2.45) is 0 Å². The van der Waals surface area contributed by atoms with E-state index in [-0.39, 0.29) is 0 Å². The fourth-order valence-corrected chi connectivity index (χ4v) is 1.38. The van der Waals surface area contributed by atoms with E-state index in [2.05, 4.69) is 44.2 Å². The topological polar surface area (TPSA) is 0 Å². The predicted octanol–water partition coefficient (Wildman–Crippen LogP) is 4.45. The minimum atomic E-state index is 0.599. The number of alkyl halides is 1. The summed E-state index contributed by atoms with van der Waals surface area (Å²) >= 11 is 5.72. The molecule has 0 spiro atoms. The molecule has 0 saturated heterocycles. The van der Waals surface area contributed by atoms with Crippen molar-refractivity contribution in [3.05, 3.63) is 41.0 Å². The van der Waals surface area contributed by atoms with E-state index in [4.69, 9.17) is 11.6 Å². The largest absolute Gasteiger partial charge is 0.122 e. The highest BCUT2D eigenvalue weighted by Gasteiger charge is 1.97. The van der Waals surface area contributed by atoms with Crippen molar-refractivity contribution in [3.63, 3.8) is 0 Å². The summed E-state index contributed by atoms with van der Waals surface area (Å²) in [5.41, 5.74) is 3.81. The molecule has 76 valence electrons. The van der Waals surface area contributed by atoms with Crippen molar-refractivity contribution in [1.82, 2.24) is 0 Å². The minimum absolute atomic E-state index is 0.599. The third-order valence-corrected chi connectivity index (χ3v) is 2.65. The third kappa shape index (κ3) is 3.19. The number of benzene rings is 1. The third-order valence-electron chi connectivity index (χ3n) is 2.23. The minimum Gasteiger partial charge on any atom is -0.122 e. The fourth-order valence-electron chi connectivity index (χ4n) is 1.30. The van der Waals surface area contributed by atoms with E-state index >= 15 is 0 Å². The molecule has 0 bridgehead atoms. The molecule has 0 unspecified atom stereocenters. The van der Waals surface area contributed by atoms with Gasteiger partial charge in [-0.15, -0.1) is 11.6 Å². The summed E-state index contributed by atoms with van der Waals surface area (Å²) in [7, 11) is 0. The van der Waals surface area contributed by atoms with Crippen molar-refractivity contribution in [3.8, 4) is 0 Å². The molecular formula is C13H17Cl. The Morgan fingerprint density at radius 1 is 1.29 bits per heavy atom. The number of allylic oxidation sites excluding steroid dienone is 1. The summed E-state index contributed by atoms with van der Waals surface area (Å²) in [6.45, 7) is 6.45. The summed E-state index contributed by atoms with van der Waals surface area (Å²) in [5, 5.41) is 0. The molecular weight excluding hydrogens is 192 g/mol. The molecule has 1 heteroatoms. The Kier molecular flexibility index (Phi) is 4.21. The zero-order valence-electron chi connectivity index (χ0n) is 9.05. The first kappa shape index (κ1) is 11.3. The van der Waals surface area contributed by atoms with E-state index in [0.29, 0.717) is 11.8 Å². The highest BCUT2D eigenvalue weighted by Crippen LogP contribution is 2.16. The van der Waals surface area contributed by atoms with E-state index in [0.717, 1.165) is 0 Å². The fraction of sp³-hybridized carbons (Fsp3) is 0.385. The number of hydrogen-bond acceptors (Lipinski definition) is 0. The van der Waals surface area contributed by atoms with Gasteiger partial charge in [0.25, 0.3) is 0 Å². The lowest BCUT2D eigenvalue weighted by molar-refractivity contribution is 0.866. The average molecular weight is 209 g/mol. The van der Waals surface area contributed by atoms with Crippen molar-refractivity contribution in [2.75, 3.05) is 5.88 Å². The van der Waals surface area contributed by atoms with Gasteiger partial charge < -0.3 is 0 Å². The van der Waals surface area contributed by atoms with Crippen LogP contribution in [0.5, 0.6) is 0 Å². The summed E-state index contributed by atoms with van der Waals surface area (Å²) < 4.78 is 0. The maximum Gasteiger partial charge on any atom is 0.0434 e. The van der Waals surface area contributed by atoms with Crippen molar-refractivity contribution >= 4 is 17.7 Å². The van der Waals surface area contributed by atoms with Crippen LogP contribution in [0.2, 0.25) is 0 Å². The molecule has 0 aromatic heterocycles. The van der Waals surface area contributed by atoms with Gasteiger partial charge in [-0.25, -0.2) is 0 Å². The van der Waals surface area contributed by atoms with Crippen LogP contribution in [0.15, 0.2) is 29.8 Å². The van der Waals surface area contributed by atoms with Gasteiger partial charge in [0, 0.05) is 5.88 Å². The Morgan fingerprint density at radius 3 is 2.29 bits per heavy atom. The zero-order chi connectivity index (χ0) is 10.6. The lowest BCUT2D eigenvalue weighted by Gasteiger charge is -2.05. The summed E-state index contributed by atoms with van der Waals surface area (Å²) in [6, 6.07) is 8.65. The molecule has 0 radical (unpaired) electrons. The normalized spacial score (nSPS) is 12.2. The second-order valence-corrected chi connectivity index (χ2v) is 4.21. The molecule has 0 fully saturated rings. The van der Waals surface area contributed by atoms with Crippen LogP contribution in [0, 0.1) is 0 Å². The van der Waals surface area contributed by atoms with Crippen molar-refractivity contribution < 1.29 is 0 Å². The summed E-state index contributed by atoms with van der Waals surface area (Å²) in [5.74, 6) is 1.20. The van der Waals surface area contributed by atoms with Crippen LogP contribution in [-0.2, 0) is 0 Å². The molecule has 1 aromatic carbocycles.